The topological polar surface area (TPSA) is 76.1 Å². The quantitative estimate of drug-likeness (QED) is 0.784. The first-order chi connectivity index (χ1) is 9.20. The number of rotatable bonds is 5. The van der Waals surface area contributed by atoms with Crippen molar-refractivity contribution in [2.75, 3.05) is 6.61 Å². The van der Waals surface area contributed by atoms with Crippen LogP contribution in [0.3, 0.4) is 0 Å². The van der Waals surface area contributed by atoms with E-state index < -0.39 is 5.97 Å². The Morgan fingerprint density at radius 1 is 1.68 bits per heavy atom. The molecule has 2 aromatic heterocycles. The summed E-state index contributed by atoms with van der Waals surface area (Å²) >= 11 is 1.58. The standard InChI is InChI=1S/C13H12N2O3S/c1-9-12(15-8-18-9)13(16)17-7-10(6-14)5-11-3-2-4-19-11/h2-4,8,10H,5,7H2,1H3/t10-/m1/s1. The predicted molar refractivity (Wildman–Crippen MR) is 68.6 cm³/mol. The van der Waals surface area contributed by atoms with Gasteiger partial charge in [-0.1, -0.05) is 6.07 Å². The van der Waals surface area contributed by atoms with Gasteiger partial charge in [-0.2, -0.15) is 5.26 Å². The minimum Gasteiger partial charge on any atom is -0.459 e. The first-order valence-corrected chi connectivity index (χ1v) is 6.58. The first-order valence-electron chi connectivity index (χ1n) is 5.70. The van der Waals surface area contributed by atoms with E-state index in [-0.39, 0.29) is 18.2 Å². The van der Waals surface area contributed by atoms with E-state index in [9.17, 15) is 4.79 Å². The highest BCUT2D eigenvalue weighted by Crippen LogP contribution is 2.15. The van der Waals surface area contributed by atoms with Crippen LogP contribution in [0.1, 0.15) is 21.1 Å². The molecule has 0 radical (unpaired) electrons. The van der Waals surface area contributed by atoms with Crippen LogP contribution in [0.25, 0.3) is 0 Å². The number of carbonyl (C=O) groups is 1. The summed E-state index contributed by atoms with van der Waals surface area (Å²) in [6, 6.07) is 6.03. The van der Waals surface area contributed by atoms with Crippen molar-refractivity contribution >= 4 is 17.3 Å². The van der Waals surface area contributed by atoms with Crippen LogP contribution in [0.5, 0.6) is 0 Å². The average molecular weight is 276 g/mol. The van der Waals surface area contributed by atoms with E-state index in [0.29, 0.717) is 12.2 Å². The Bertz CT molecular complexity index is 583. The summed E-state index contributed by atoms with van der Waals surface area (Å²) in [5, 5.41) is 11.0. The molecule has 0 aliphatic heterocycles. The van der Waals surface area contributed by atoms with Gasteiger partial charge in [0.05, 0.1) is 12.0 Å². The van der Waals surface area contributed by atoms with Crippen molar-refractivity contribution in [1.29, 1.82) is 5.26 Å². The van der Waals surface area contributed by atoms with Crippen molar-refractivity contribution in [3.63, 3.8) is 0 Å². The average Bonchev–Trinajstić information content (AvgIpc) is 3.05. The molecule has 2 aromatic rings. The molecule has 0 saturated heterocycles. The van der Waals surface area contributed by atoms with E-state index in [2.05, 4.69) is 11.1 Å². The van der Waals surface area contributed by atoms with Crippen LogP contribution < -0.4 is 0 Å². The molecule has 0 aliphatic rings. The largest absolute Gasteiger partial charge is 0.459 e. The maximum atomic E-state index is 11.7. The van der Waals surface area contributed by atoms with Crippen molar-refractivity contribution < 1.29 is 13.9 Å². The third-order valence-corrected chi connectivity index (χ3v) is 3.46. The summed E-state index contributed by atoms with van der Waals surface area (Å²) in [5.41, 5.74) is 0.160. The number of oxazole rings is 1. The number of hydrogen-bond acceptors (Lipinski definition) is 6. The number of esters is 1. The predicted octanol–water partition coefficient (Wildman–Crippen LogP) is 2.58. The number of ether oxygens (including phenoxy) is 1. The van der Waals surface area contributed by atoms with Crippen LogP contribution in [0.4, 0.5) is 0 Å². The van der Waals surface area contributed by atoms with Crippen LogP contribution in [0.2, 0.25) is 0 Å². The Hall–Kier alpha value is -2.13. The molecular weight excluding hydrogens is 264 g/mol. The van der Waals surface area contributed by atoms with Crippen molar-refractivity contribution in [2.24, 2.45) is 5.92 Å². The molecule has 0 N–H and O–H groups in total. The summed E-state index contributed by atoms with van der Waals surface area (Å²) in [6.07, 6.45) is 1.78. The van der Waals surface area contributed by atoms with E-state index in [1.165, 1.54) is 6.39 Å². The monoisotopic (exact) mass is 276 g/mol. The first kappa shape index (κ1) is 13.3. The fraction of sp³-hybridized carbons (Fsp3) is 0.308. The maximum absolute atomic E-state index is 11.7. The van der Waals surface area contributed by atoms with Crippen LogP contribution in [0.15, 0.2) is 28.3 Å². The molecule has 0 amide bonds. The SMILES string of the molecule is Cc1ocnc1C(=O)OC[C@@H](C#N)Cc1cccs1. The lowest BCUT2D eigenvalue weighted by atomic mass is 10.1. The number of nitriles is 1. The molecule has 0 saturated carbocycles. The molecule has 98 valence electrons. The van der Waals surface area contributed by atoms with Crippen molar-refractivity contribution in [3.8, 4) is 6.07 Å². The van der Waals surface area contributed by atoms with Gasteiger partial charge in [-0.05, 0) is 18.4 Å². The van der Waals surface area contributed by atoms with Gasteiger partial charge in [0.25, 0.3) is 0 Å². The van der Waals surface area contributed by atoms with Crippen LogP contribution in [0, 0.1) is 24.2 Å². The highest BCUT2D eigenvalue weighted by Gasteiger charge is 2.18. The summed E-state index contributed by atoms with van der Waals surface area (Å²) < 4.78 is 10.0. The van der Waals surface area contributed by atoms with Crippen LogP contribution in [-0.4, -0.2) is 17.6 Å². The van der Waals surface area contributed by atoms with Gasteiger partial charge in [0.15, 0.2) is 12.1 Å². The third-order valence-electron chi connectivity index (χ3n) is 2.56. The molecule has 0 fully saturated rings. The molecule has 0 bridgehead atoms. The molecule has 2 rings (SSSR count). The van der Waals surface area contributed by atoms with Crippen LogP contribution in [-0.2, 0) is 11.2 Å². The number of thiophene rings is 1. The molecule has 6 heteroatoms. The summed E-state index contributed by atoms with van der Waals surface area (Å²) in [7, 11) is 0. The molecular formula is C13H12N2O3S. The molecule has 0 aliphatic carbocycles. The minimum absolute atomic E-state index is 0.0551. The van der Waals surface area contributed by atoms with E-state index in [1.807, 2.05) is 17.5 Å². The van der Waals surface area contributed by atoms with Gasteiger partial charge in [0, 0.05) is 11.3 Å². The van der Waals surface area contributed by atoms with Gasteiger partial charge in [-0.3, -0.25) is 0 Å². The molecule has 0 aromatic carbocycles. The Morgan fingerprint density at radius 3 is 3.11 bits per heavy atom. The number of nitrogens with zero attached hydrogens (tertiary/aromatic N) is 2. The maximum Gasteiger partial charge on any atom is 0.360 e. The molecule has 2 heterocycles. The number of hydrogen-bond donors (Lipinski definition) is 0. The zero-order chi connectivity index (χ0) is 13.7. The van der Waals surface area contributed by atoms with Gasteiger partial charge < -0.3 is 9.15 Å². The second-order valence-electron chi connectivity index (χ2n) is 3.97. The zero-order valence-corrected chi connectivity index (χ0v) is 11.1. The van der Waals surface area contributed by atoms with Gasteiger partial charge in [-0.25, -0.2) is 9.78 Å². The molecule has 5 nitrogen and oxygen atoms in total. The third kappa shape index (κ3) is 3.42. The fourth-order valence-corrected chi connectivity index (χ4v) is 2.35. The summed E-state index contributed by atoms with van der Waals surface area (Å²) in [6.45, 7) is 1.69. The highest BCUT2D eigenvalue weighted by atomic mass is 32.1. The Balaban J connectivity index is 1.88. The van der Waals surface area contributed by atoms with E-state index in [0.717, 1.165) is 4.88 Å². The highest BCUT2D eigenvalue weighted by molar-refractivity contribution is 7.09. The number of aryl methyl sites for hydroxylation is 1. The lowest BCUT2D eigenvalue weighted by molar-refractivity contribution is 0.0460. The molecule has 0 unspecified atom stereocenters. The Kier molecular flexibility index (Phi) is 4.31. The normalized spacial score (nSPS) is 11.8. The van der Waals surface area contributed by atoms with Gasteiger partial charge in [0.2, 0.25) is 0 Å². The number of carbonyl (C=O) groups excluding carboxylic acids is 1. The van der Waals surface area contributed by atoms with Gasteiger partial charge in [-0.15, -0.1) is 11.3 Å². The smallest absolute Gasteiger partial charge is 0.360 e. The summed E-state index contributed by atoms with van der Waals surface area (Å²) in [5.74, 6) is -0.496. The second-order valence-corrected chi connectivity index (χ2v) is 5.00. The lowest BCUT2D eigenvalue weighted by Gasteiger charge is -2.08. The van der Waals surface area contributed by atoms with Crippen molar-refractivity contribution in [3.05, 3.63) is 40.2 Å². The van der Waals surface area contributed by atoms with Gasteiger partial charge >= 0.3 is 5.97 Å². The lowest BCUT2D eigenvalue weighted by Crippen LogP contribution is -2.15. The van der Waals surface area contributed by atoms with Gasteiger partial charge in [0.1, 0.15) is 12.4 Å². The molecule has 0 spiro atoms. The zero-order valence-electron chi connectivity index (χ0n) is 10.3. The second kappa shape index (κ2) is 6.16. The fourth-order valence-electron chi connectivity index (χ4n) is 1.56. The van der Waals surface area contributed by atoms with E-state index >= 15 is 0 Å². The Morgan fingerprint density at radius 2 is 2.53 bits per heavy atom. The molecule has 19 heavy (non-hydrogen) atoms. The summed E-state index contributed by atoms with van der Waals surface area (Å²) in [4.78, 5) is 16.6. The van der Waals surface area contributed by atoms with Crippen LogP contribution >= 0.6 is 11.3 Å². The number of aromatic nitrogens is 1. The van der Waals surface area contributed by atoms with E-state index in [1.54, 1.807) is 18.3 Å². The van der Waals surface area contributed by atoms with Crippen molar-refractivity contribution in [1.82, 2.24) is 4.98 Å². The minimum atomic E-state index is -0.558. The van der Waals surface area contributed by atoms with E-state index in [4.69, 9.17) is 14.4 Å². The van der Waals surface area contributed by atoms with Crippen molar-refractivity contribution in [2.45, 2.75) is 13.3 Å². The Labute approximate surface area is 114 Å². The molecule has 1 atom stereocenters.